The van der Waals surface area contributed by atoms with E-state index in [2.05, 4.69) is 20.7 Å². The van der Waals surface area contributed by atoms with E-state index in [1.54, 1.807) is 16.8 Å². The van der Waals surface area contributed by atoms with Crippen molar-refractivity contribution in [3.05, 3.63) is 76.7 Å². The standard InChI is InChI=1S/C25H22FN5O3/c26-17-9-4-8-16-19(14-6-2-1-3-7-14)27-22(24(33)28-21(16)17)29-23(32)18-20(15-10-11-15)30-31-12-5-13-34-25(18)31/h1-4,6-9,15,22H,5,10-13H2,(H,28,33)(H,29,32)/t22-/m1/s1. The van der Waals surface area contributed by atoms with E-state index >= 15 is 0 Å². The van der Waals surface area contributed by atoms with Gasteiger partial charge >= 0.3 is 0 Å². The molecule has 1 aliphatic carbocycles. The SMILES string of the molecule is O=C(N[C@H]1N=C(c2ccccc2)c2cccc(F)c2NC1=O)c1c(C2CC2)nn2c1OCCC2. The molecule has 172 valence electrons. The van der Waals surface area contributed by atoms with Crippen molar-refractivity contribution in [1.29, 1.82) is 0 Å². The van der Waals surface area contributed by atoms with Crippen molar-refractivity contribution in [2.24, 2.45) is 4.99 Å². The van der Waals surface area contributed by atoms with Gasteiger partial charge < -0.3 is 15.4 Å². The van der Waals surface area contributed by atoms with E-state index in [1.165, 1.54) is 6.07 Å². The number of benzene rings is 2. The lowest BCUT2D eigenvalue weighted by molar-refractivity contribution is -0.117. The number of carbonyl (C=O) groups excluding carboxylic acids is 2. The molecule has 34 heavy (non-hydrogen) atoms. The van der Waals surface area contributed by atoms with Crippen molar-refractivity contribution in [1.82, 2.24) is 15.1 Å². The normalized spacial score (nSPS) is 19.1. The molecule has 9 heteroatoms. The average Bonchev–Trinajstić information content (AvgIpc) is 3.64. The van der Waals surface area contributed by atoms with E-state index in [9.17, 15) is 14.0 Å². The summed E-state index contributed by atoms with van der Waals surface area (Å²) in [5.74, 6) is -1.03. The largest absolute Gasteiger partial charge is 0.477 e. The van der Waals surface area contributed by atoms with Crippen LogP contribution in [0, 0.1) is 5.82 Å². The van der Waals surface area contributed by atoms with Gasteiger partial charge in [-0.3, -0.25) is 9.59 Å². The number of carbonyl (C=O) groups is 2. The maximum absolute atomic E-state index is 14.7. The van der Waals surface area contributed by atoms with Crippen LogP contribution < -0.4 is 15.4 Å². The molecular formula is C25H22FN5O3. The van der Waals surface area contributed by atoms with E-state index in [1.807, 2.05) is 30.3 Å². The highest BCUT2D eigenvalue weighted by Gasteiger charge is 2.38. The zero-order valence-corrected chi connectivity index (χ0v) is 18.3. The Labute approximate surface area is 194 Å². The van der Waals surface area contributed by atoms with Crippen LogP contribution in [0.4, 0.5) is 10.1 Å². The summed E-state index contributed by atoms with van der Waals surface area (Å²) in [4.78, 5) is 31.2. The molecular weight excluding hydrogens is 437 g/mol. The van der Waals surface area contributed by atoms with Gasteiger partial charge in [-0.05, 0) is 18.9 Å². The lowest BCUT2D eigenvalue weighted by Gasteiger charge is -2.17. The van der Waals surface area contributed by atoms with Crippen molar-refractivity contribution in [3.8, 4) is 5.88 Å². The van der Waals surface area contributed by atoms with Crippen molar-refractivity contribution in [2.75, 3.05) is 11.9 Å². The lowest BCUT2D eigenvalue weighted by atomic mass is 10.0. The quantitative estimate of drug-likeness (QED) is 0.626. The highest BCUT2D eigenvalue weighted by molar-refractivity contribution is 6.20. The molecule has 8 nitrogen and oxygen atoms in total. The van der Waals surface area contributed by atoms with E-state index in [0.717, 1.165) is 19.3 Å². The molecule has 2 amide bonds. The van der Waals surface area contributed by atoms with Gasteiger partial charge in [0.1, 0.15) is 11.4 Å². The van der Waals surface area contributed by atoms with Crippen molar-refractivity contribution in [3.63, 3.8) is 0 Å². The number of aliphatic imine (C=N–C) groups is 1. The summed E-state index contributed by atoms with van der Waals surface area (Å²) in [5.41, 5.74) is 2.66. The van der Waals surface area contributed by atoms with Crippen LogP contribution in [0.3, 0.4) is 0 Å². The zero-order valence-electron chi connectivity index (χ0n) is 18.3. The van der Waals surface area contributed by atoms with Crippen LogP contribution in [0.5, 0.6) is 5.88 Å². The summed E-state index contributed by atoms with van der Waals surface area (Å²) in [5, 5.41) is 9.97. The average molecular weight is 459 g/mol. The van der Waals surface area contributed by atoms with Crippen LogP contribution in [0.2, 0.25) is 0 Å². The van der Waals surface area contributed by atoms with Crippen LogP contribution in [0.25, 0.3) is 0 Å². The van der Waals surface area contributed by atoms with Gasteiger partial charge in [0.25, 0.3) is 11.8 Å². The molecule has 1 aromatic heterocycles. The number of hydrogen-bond acceptors (Lipinski definition) is 5. The maximum atomic E-state index is 14.7. The first-order valence-electron chi connectivity index (χ1n) is 11.4. The number of benzodiazepines with no additional fused rings is 1. The zero-order chi connectivity index (χ0) is 23.2. The predicted octanol–water partition coefficient (Wildman–Crippen LogP) is 3.23. The fourth-order valence-corrected chi connectivity index (χ4v) is 4.42. The maximum Gasteiger partial charge on any atom is 0.269 e. The molecule has 2 N–H and O–H groups in total. The monoisotopic (exact) mass is 459 g/mol. The predicted molar refractivity (Wildman–Crippen MR) is 123 cm³/mol. The first-order valence-corrected chi connectivity index (χ1v) is 11.4. The van der Waals surface area contributed by atoms with Crippen molar-refractivity contribution < 1.29 is 18.7 Å². The second-order valence-corrected chi connectivity index (χ2v) is 8.64. The third-order valence-corrected chi connectivity index (χ3v) is 6.22. The molecule has 0 spiro atoms. The Hall–Kier alpha value is -4.01. The molecule has 6 rings (SSSR count). The number of rotatable bonds is 4. The van der Waals surface area contributed by atoms with Crippen LogP contribution in [0.15, 0.2) is 53.5 Å². The topological polar surface area (TPSA) is 97.6 Å². The number of aromatic nitrogens is 2. The van der Waals surface area contributed by atoms with Crippen molar-refractivity contribution in [2.45, 2.75) is 37.9 Å². The van der Waals surface area contributed by atoms with E-state index in [0.29, 0.717) is 47.1 Å². The number of amides is 2. The Kier molecular flexibility index (Phi) is 4.90. The van der Waals surface area contributed by atoms with Gasteiger partial charge in [0.05, 0.1) is 23.7 Å². The minimum absolute atomic E-state index is 0.0387. The van der Waals surface area contributed by atoms with Gasteiger partial charge in [0, 0.05) is 30.0 Å². The smallest absolute Gasteiger partial charge is 0.269 e. The minimum Gasteiger partial charge on any atom is -0.477 e. The van der Waals surface area contributed by atoms with E-state index in [-0.39, 0.29) is 11.6 Å². The summed E-state index contributed by atoms with van der Waals surface area (Å²) in [7, 11) is 0. The molecule has 1 atom stereocenters. The molecule has 1 fully saturated rings. The molecule has 0 saturated heterocycles. The molecule has 2 aliphatic heterocycles. The number of aryl methyl sites for hydroxylation is 1. The Morgan fingerprint density at radius 1 is 1.15 bits per heavy atom. The molecule has 2 aromatic carbocycles. The minimum atomic E-state index is -1.26. The van der Waals surface area contributed by atoms with Gasteiger partial charge in [-0.1, -0.05) is 42.5 Å². The number of anilines is 1. The Morgan fingerprint density at radius 2 is 1.97 bits per heavy atom. The Bertz CT molecular complexity index is 1330. The molecule has 3 aliphatic rings. The van der Waals surface area contributed by atoms with Gasteiger partial charge in [-0.15, -0.1) is 0 Å². The van der Waals surface area contributed by atoms with Crippen LogP contribution >= 0.6 is 0 Å². The lowest BCUT2D eigenvalue weighted by Crippen LogP contribution is -2.42. The first kappa shape index (κ1) is 20.6. The second kappa shape index (κ2) is 8.09. The molecule has 3 heterocycles. The summed E-state index contributed by atoms with van der Waals surface area (Å²) in [6, 6.07) is 13.7. The molecule has 1 saturated carbocycles. The van der Waals surface area contributed by atoms with Gasteiger partial charge in [-0.2, -0.15) is 5.10 Å². The molecule has 0 radical (unpaired) electrons. The molecule has 3 aromatic rings. The summed E-state index contributed by atoms with van der Waals surface area (Å²) in [6.07, 6.45) is 1.48. The third-order valence-electron chi connectivity index (χ3n) is 6.22. The van der Waals surface area contributed by atoms with Crippen LogP contribution in [-0.2, 0) is 11.3 Å². The van der Waals surface area contributed by atoms with Gasteiger partial charge in [0.2, 0.25) is 12.0 Å². The number of para-hydroxylation sites is 1. The van der Waals surface area contributed by atoms with Crippen LogP contribution in [0.1, 0.15) is 52.4 Å². The molecule has 0 unspecified atom stereocenters. The first-order chi connectivity index (χ1) is 16.6. The van der Waals surface area contributed by atoms with Crippen molar-refractivity contribution >= 4 is 23.2 Å². The van der Waals surface area contributed by atoms with Gasteiger partial charge in [-0.25, -0.2) is 14.1 Å². The summed E-state index contributed by atoms with van der Waals surface area (Å²) in [6.45, 7) is 1.18. The summed E-state index contributed by atoms with van der Waals surface area (Å²) < 4.78 is 22.2. The number of halogens is 1. The second-order valence-electron chi connectivity index (χ2n) is 8.64. The van der Waals surface area contributed by atoms with E-state index < -0.39 is 23.8 Å². The Balaban J connectivity index is 1.40. The van der Waals surface area contributed by atoms with Crippen LogP contribution in [-0.4, -0.2) is 40.1 Å². The van der Waals surface area contributed by atoms with Gasteiger partial charge in [0.15, 0.2) is 0 Å². The Morgan fingerprint density at radius 3 is 2.76 bits per heavy atom. The highest BCUT2D eigenvalue weighted by Crippen LogP contribution is 2.43. The number of ether oxygens (including phenoxy) is 1. The fraction of sp³-hybridized carbons (Fsp3) is 0.280. The molecule has 0 bridgehead atoms. The number of nitrogens with one attached hydrogen (secondary N) is 2. The third kappa shape index (κ3) is 3.53. The number of fused-ring (bicyclic) bond motifs is 2. The van der Waals surface area contributed by atoms with E-state index in [4.69, 9.17) is 4.74 Å². The fourth-order valence-electron chi connectivity index (χ4n) is 4.42. The summed E-state index contributed by atoms with van der Waals surface area (Å²) >= 11 is 0. The highest BCUT2D eigenvalue weighted by atomic mass is 19.1. The number of nitrogens with zero attached hydrogens (tertiary/aromatic N) is 3. The number of hydrogen-bond donors (Lipinski definition) is 2.